The number of rotatable bonds is 4. The second-order valence-electron chi connectivity index (χ2n) is 5.08. The molecule has 7 nitrogen and oxygen atoms in total. The van der Waals surface area contributed by atoms with Crippen LogP contribution in [0, 0.1) is 0 Å². The molecule has 3 aromatic rings. The van der Waals surface area contributed by atoms with E-state index in [-0.39, 0.29) is 11.4 Å². The summed E-state index contributed by atoms with van der Waals surface area (Å²) in [6.07, 6.45) is 3.09. The second kappa shape index (κ2) is 6.33. The zero-order valence-electron chi connectivity index (χ0n) is 12.4. The fourth-order valence-electron chi connectivity index (χ4n) is 2.25. The molecule has 0 saturated carbocycles. The van der Waals surface area contributed by atoms with E-state index in [1.54, 1.807) is 6.20 Å². The first kappa shape index (κ1) is 15.4. The molecule has 0 aliphatic carbocycles. The maximum Gasteiger partial charge on any atom is 0.322 e. The number of carboxylic acid groups (broad SMARTS) is 1. The number of fused-ring (bicyclic) bond motifs is 1. The first-order valence-electron chi connectivity index (χ1n) is 7.09. The molecule has 2 aromatic heterocycles. The zero-order valence-corrected chi connectivity index (χ0v) is 12.4. The summed E-state index contributed by atoms with van der Waals surface area (Å²) in [6, 6.07) is 10.9. The Morgan fingerprint density at radius 1 is 1.04 bits per heavy atom. The van der Waals surface area contributed by atoms with Gasteiger partial charge in [-0.2, -0.15) is 0 Å². The van der Waals surface area contributed by atoms with Gasteiger partial charge in [-0.1, -0.05) is 18.2 Å². The lowest BCUT2D eigenvalue weighted by atomic mass is 10.1. The van der Waals surface area contributed by atoms with Crippen molar-refractivity contribution in [3.8, 4) is 16.9 Å². The van der Waals surface area contributed by atoms with Crippen molar-refractivity contribution in [1.29, 1.82) is 0 Å². The average molecular weight is 323 g/mol. The van der Waals surface area contributed by atoms with E-state index in [4.69, 9.17) is 5.11 Å². The summed E-state index contributed by atoms with van der Waals surface area (Å²) in [5.41, 5.74) is 1.96. The molecule has 0 atom stereocenters. The Bertz CT molecular complexity index is 940. The molecule has 0 bridgehead atoms. The highest BCUT2D eigenvalue weighted by Crippen LogP contribution is 2.26. The SMILES string of the molecule is O=C(O)CNC(=O)c1ncc(-c2cnc3ccccc3c2)cc1O. The van der Waals surface area contributed by atoms with E-state index in [1.807, 2.05) is 30.3 Å². The van der Waals surface area contributed by atoms with Gasteiger partial charge in [0.2, 0.25) is 0 Å². The minimum absolute atomic E-state index is 0.228. The smallest absolute Gasteiger partial charge is 0.322 e. The van der Waals surface area contributed by atoms with Crippen LogP contribution in [0.25, 0.3) is 22.0 Å². The Morgan fingerprint density at radius 2 is 1.75 bits per heavy atom. The van der Waals surface area contributed by atoms with E-state index in [1.165, 1.54) is 12.3 Å². The van der Waals surface area contributed by atoms with Gasteiger partial charge in [-0.05, 0) is 18.2 Å². The van der Waals surface area contributed by atoms with Gasteiger partial charge in [0.1, 0.15) is 12.3 Å². The number of aromatic nitrogens is 2. The highest BCUT2D eigenvalue weighted by atomic mass is 16.4. The summed E-state index contributed by atoms with van der Waals surface area (Å²) in [4.78, 5) is 30.5. The summed E-state index contributed by atoms with van der Waals surface area (Å²) >= 11 is 0. The molecule has 0 aliphatic rings. The molecule has 1 aromatic carbocycles. The highest BCUT2D eigenvalue weighted by Gasteiger charge is 2.15. The van der Waals surface area contributed by atoms with Gasteiger partial charge in [0.15, 0.2) is 5.69 Å². The van der Waals surface area contributed by atoms with Gasteiger partial charge in [0.05, 0.1) is 5.52 Å². The van der Waals surface area contributed by atoms with Crippen LogP contribution in [0.3, 0.4) is 0 Å². The number of para-hydroxylation sites is 1. The number of nitrogens with zero attached hydrogens (tertiary/aromatic N) is 2. The van der Waals surface area contributed by atoms with E-state index in [9.17, 15) is 14.7 Å². The number of pyridine rings is 2. The number of carbonyl (C=O) groups is 2. The number of benzene rings is 1. The topological polar surface area (TPSA) is 112 Å². The first-order valence-corrected chi connectivity index (χ1v) is 7.09. The summed E-state index contributed by atoms with van der Waals surface area (Å²) < 4.78 is 0. The third kappa shape index (κ3) is 3.14. The van der Waals surface area contributed by atoms with Crippen LogP contribution in [0.1, 0.15) is 10.5 Å². The van der Waals surface area contributed by atoms with Crippen LogP contribution in [-0.4, -0.2) is 38.6 Å². The highest BCUT2D eigenvalue weighted by molar-refractivity contribution is 5.96. The average Bonchev–Trinajstić information content (AvgIpc) is 2.59. The number of hydrogen-bond donors (Lipinski definition) is 3. The molecule has 0 spiro atoms. The molecule has 2 heterocycles. The minimum Gasteiger partial charge on any atom is -0.505 e. The molecule has 0 unspecified atom stereocenters. The van der Waals surface area contributed by atoms with Crippen LogP contribution in [0.15, 0.2) is 48.8 Å². The van der Waals surface area contributed by atoms with E-state index < -0.39 is 18.4 Å². The standard InChI is InChI=1S/C17H13N3O4/c21-14-6-12(8-19-16(14)17(24)20-9-15(22)23)11-5-10-3-1-2-4-13(10)18-7-11/h1-8,21H,9H2,(H,20,24)(H,22,23). The van der Waals surface area contributed by atoms with Gasteiger partial charge in [-0.3, -0.25) is 14.6 Å². The number of aromatic hydroxyl groups is 1. The molecule has 120 valence electrons. The molecular weight excluding hydrogens is 310 g/mol. The number of hydrogen-bond acceptors (Lipinski definition) is 5. The maximum atomic E-state index is 11.8. The summed E-state index contributed by atoms with van der Waals surface area (Å²) in [5.74, 6) is -2.26. The third-order valence-electron chi connectivity index (χ3n) is 3.41. The van der Waals surface area contributed by atoms with Crippen molar-refractivity contribution in [2.24, 2.45) is 0 Å². The van der Waals surface area contributed by atoms with Gasteiger partial charge in [0, 0.05) is 28.9 Å². The van der Waals surface area contributed by atoms with Gasteiger partial charge in [-0.15, -0.1) is 0 Å². The minimum atomic E-state index is -1.18. The Balaban J connectivity index is 1.90. The van der Waals surface area contributed by atoms with Crippen molar-refractivity contribution in [2.75, 3.05) is 6.54 Å². The molecule has 24 heavy (non-hydrogen) atoms. The summed E-state index contributed by atoms with van der Waals surface area (Å²) in [5, 5.41) is 21.7. The van der Waals surface area contributed by atoms with Crippen LogP contribution in [-0.2, 0) is 4.79 Å². The summed E-state index contributed by atoms with van der Waals surface area (Å²) in [6.45, 7) is -0.545. The van der Waals surface area contributed by atoms with Gasteiger partial charge < -0.3 is 15.5 Å². The van der Waals surface area contributed by atoms with Crippen molar-refractivity contribution in [3.05, 3.63) is 54.5 Å². The largest absolute Gasteiger partial charge is 0.505 e. The predicted octanol–water partition coefficient (Wildman–Crippen LogP) is 1.82. The fraction of sp³-hybridized carbons (Fsp3) is 0.0588. The number of carboxylic acids is 1. The Morgan fingerprint density at radius 3 is 2.50 bits per heavy atom. The first-order chi connectivity index (χ1) is 11.5. The summed E-state index contributed by atoms with van der Waals surface area (Å²) in [7, 11) is 0. The van der Waals surface area contributed by atoms with Crippen molar-refractivity contribution in [2.45, 2.75) is 0 Å². The van der Waals surface area contributed by atoms with Crippen molar-refractivity contribution in [3.63, 3.8) is 0 Å². The predicted molar refractivity (Wildman–Crippen MR) is 86.6 cm³/mol. The van der Waals surface area contributed by atoms with Crippen LogP contribution in [0.5, 0.6) is 5.75 Å². The van der Waals surface area contributed by atoms with Crippen molar-refractivity contribution < 1.29 is 19.8 Å². The molecule has 0 radical (unpaired) electrons. The molecule has 0 saturated heterocycles. The van der Waals surface area contributed by atoms with E-state index in [0.717, 1.165) is 16.5 Å². The van der Waals surface area contributed by atoms with Crippen LogP contribution in [0.2, 0.25) is 0 Å². The van der Waals surface area contributed by atoms with Gasteiger partial charge in [-0.25, -0.2) is 4.98 Å². The Hall–Kier alpha value is -3.48. The van der Waals surface area contributed by atoms with Crippen molar-refractivity contribution >= 4 is 22.8 Å². The molecular formula is C17H13N3O4. The number of aliphatic carboxylic acids is 1. The zero-order chi connectivity index (χ0) is 17.1. The Labute approximate surface area is 136 Å². The lowest BCUT2D eigenvalue weighted by molar-refractivity contribution is -0.135. The van der Waals surface area contributed by atoms with Gasteiger partial charge >= 0.3 is 5.97 Å². The van der Waals surface area contributed by atoms with Crippen LogP contribution < -0.4 is 5.32 Å². The fourth-order valence-corrected chi connectivity index (χ4v) is 2.25. The lowest BCUT2D eigenvalue weighted by Gasteiger charge is -2.07. The third-order valence-corrected chi connectivity index (χ3v) is 3.41. The molecule has 7 heteroatoms. The second-order valence-corrected chi connectivity index (χ2v) is 5.08. The Kier molecular flexibility index (Phi) is 4.07. The number of amides is 1. The number of nitrogens with one attached hydrogen (secondary N) is 1. The lowest BCUT2D eigenvalue weighted by Crippen LogP contribution is -2.29. The quantitative estimate of drug-likeness (QED) is 0.675. The molecule has 0 aliphatic heterocycles. The van der Waals surface area contributed by atoms with Crippen LogP contribution >= 0.6 is 0 Å². The normalized spacial score (nSPS) is 10.5. The molecule has 0 fully saturated rings. The van der Waals surface area contributed by atoms with Crippen LogP contribution in [0.4, 0.5) is 0 Å². The number of carbonyl (C=O) groups excluding carboxylic acids is 1. The monoisotopic (exact) mass is 323 g/mol. The van der Waals surface area contributed by atoms with E-state index in [0.29, 0.717) is 5.56 Å². The van der Waals surface area contributed by atoms with E-state index in [2.05, 4.69) is 15.3 Å². The maximum absolute atomic E-state index is 11.8. The van der Waals surface area contributed by atoms with E-state index >= 15 is 0 Å². The van der Waals surface area contributed by atoms with Gasteiger partial charge in [0.25, 0.3) is 5.91 Å². The molecule has 3 N–H and O–H groups in total. The molecule has 1 amide bonds. The van der Waals surface area contributed by atoms with Crippen molar-refractivity contribution in [1.82, 2.24) is 15.3 Å². The molecule has 3 rings (SSSR count).